The van der Waals surface area contributed by atoms with Gasteiger partial charge in [-0.25, -0.2) is 13.9 Å². The summed E-state index contributed by atoms with van der Waals surface area (Å²) < 4.78 is 9.34. The molecule has 4 rings (SSSR count). The number of fused-ring (bicyclic) bond motifs is 1. The summed E-state index contributed by atoms with van der Waals surface area (Å²) in [5.74, 6) is 0.719. The average molecular weight is 404 g/mol. The van der Waals surface area contributed by atoms with Crippen molar-refractivity contribution in [2.24, 2.45) is 0 Å². The number of carbonyl (C=O) groups is 2. The number of aromatic nitrogens is 2. The number of rotatable bonds is 6. The summed E-state index contributed by atoms with van der Waals surface area (Å²) in [5.41, 5.74) is 4.67. The number of imidazole rings is 1. The second-order valence-corrected chi connectivity index (χ2v) is 7.53. The predicted octanol–water partition coefficient (Wildman–Crippen LogP) is 3.51. The van der Waals surface area contributed by atoms with Gasteiger partial charge in [0.2, 0.25) is 0 Å². The van der Waals surface area contributed by atoms with Gasteiger partial charge in [-0.2, -0.15) is 0 Å². The van der Waals surface area contributed by atoms with Gasteiger partial charge in [-0.3, -0.25) is 4.79 Å². The minimum absolute atomic E-state index is 0.0976. The topological polar surface area (TPSA) is 64.2 Å². The van der Waals surface area contributed by atoms with Crippen LogP contribution in [0.2, 0.25) is 0 Å². The highest BCUT2D eigenvalue weighted by molar-refractivity contribution is 5.92. The number of nitrogens with one attached hydrogen (secondary N) is 1. The standard InChI is InChI=1S/C24H25N3O3/c1-3-30-24(29)19-10-12-20(13-11-19)25-22(28)16-26-15-21(27-14-4-5-23(26)27)18-8-6-17(2)7-9-18/h6-13,15H,3-5,14,16H2,1-2H3/p+1. The highest BCUT2D eigenvalue weighted by Gasteiger charge is 2.29. The third-order valence-corrected chi connectivity index (χ3v) is 5.34. The van der Waals surface area contributed by atoms with Crippen molar-refractivity contribution in [2.45, 2.75) is 39.8 Å². The number of nitrogens with zero attached hydrogens (tertiary/aromatic N) is 2. The van der Waals surface area contributed by atoms with Gasteiger partial charge in [-0.15, -0.1) is 0 Å². The first-order valence-electron chi connectivity index (χ1n) is 10.3. The zero-order valence-corrected chi connectivity index (χ0v) is 17.4. The molecule has 1 aliphatic heterocycles. The zero-order chi connectivity index (χ0) is 21.1. The molecule has 0 bridgehead atoms. The van der Waals surface area contributed by atoms with Crippen molar-refractivity contribution in [1.82, 2.24) is 4.57 Å². The predicted molar refractivity (Wildman–Crippen MR) is 114 cm³/mol. The van der Waals surface area contributed by atoms with Crippen LogP contribution >= 0.6 is 0 Å². The maximum absolute atomic E-state index is 12.7. The lowest BCUT2D eigenvalue weighted by atomic mass is 10.1. The smallest absolute Gasteiger partial charge is 0.338 e. The van der Waals surface area contributed by atoms with Crippen molar-refractivity contribution < 1.29 is 18.9 Å². The van der Waals surface area contributed by atoms with Crippen LogP contribution in [-0.2, 0) is 29.0 Å². The molecule has 154 valence electrons. The third kappa shape index (κ3) is 4.13. The van der Waals surface area contributed by atoms with Crippen LogP contribution in [-0.4, -0.2) is 23.1 Å². The average Bonchev–Trinajstić information content (AvgIpc) is 3.33. The Balaban J connectivity index is 1.48. The Hall–Kier alpha value is -3.41. The van der Waals surface area contributed by atoms with Crippen molar-refractivity contribution in [3.8, 4) is 11.3 Å². The zero-order valence-electron chi connectivity index (χ0n) is 17.4. The summed E-state index contributed by atoms with van der Waals surface area (Å²) in [6.45, 7) is 5.41. The Bertz CT molecular complexity index is 1070. The summed E-state index contributed by atoms with van der Waals surface area (Å²) in [4.78, 5) is 24.4. The number of benzene rings is 2. The van der Waals surface area contributed by atoms with E-state index in [1.165, 1.54) is 11.4 Å². The molecule has 0 fully saturated rings. The molecule has 0 spiro atoms. The van der Waals surface area contributed by atoms with Crippen LogP contribution in [0, 0.1) is 6.92 Å². The lowest BCUT2D eigenvalue weighted by Crippen LogP contribution is -2.42. The molecule has 2 heterocycles. The van der Waals surface area contributed by atoms with E-state index < -0.39 is 0 Å². The number of hydrogen-bond donors (Lipinski definition) is 1. The molecule has 1 aromatic heterocycles. The Morgan fingerprint density at radius 1 is 1.10 bits per heavy atom. The molecule has 1 aliphatic rings. The minimum Gasteiger partial charge on any atom is -0.462 e. The fourth-order valence-electron chi connectivity index (χ4n) is 3.86. The molecule has 6 heteroatoms. The third-order valence-electron chi connectivity index (χ3n) is 5.34. The van der Waals surface area contributed by atoms with Gasteiger partial charge >= 0.3 is 5.97 Å². The van der Waals surface area contributed by atoms with Gasteiger partial charge in [0, 0.05) is 11.3 Å². The van der Waals surface area contributed by atoms with Gasteiger partial charge in [0.05, 0.1) is 25.1 Å². The summed E-state index contributed by atoms with van der Waals surface area (Å²) >= 11 is 0. The van der Waals surface area contributed by atoms with Crippen LogP contribution < -0.4 is 9.88 Å². The highest BCUT2D eigenvalue weighted by atomic mass is 16.5. The van der Waals surface area contributed by atoms with Crippen LogP contribution in [0.5, 0.6) is 0 Å². The van der Waals surface area contributed by atoms with Crippen LogP contribution in [0.4, 0.5) is 5.69 Å². The van der Waals surface area contributed by atoms with E-state index in [4.69, 9.17) is 4.74 Å². The van der Waals surface area contributed by atoms with Crippen LogP contribution in [0.25, 0.3) is 11.3 Å². The van der Waals surface area contributed by atoms with Gasteiger partial charge in [-0.05, 0) is 44.5 Å². The molecule has 30 heavy (non-hydrogen) atoms. The molecule has 0 radical (unpaired) electrons. The van der Waals surface area contributed by atoms with E-state index in [0.717, 1.165) is 30.6 Å². The number of aryl methyl sites for hydroxylation is 1. The highest BCUT2D eigenvalue weighted by Crippen LogP contribution is 2.25. The maximum atomic E-state index is 12.7. The summed E-state index contributed by atoms with van der Waals surface area (Å²) in [7, 11) is 0. The van der Waals surface area contributed by atoms with Gasteiger partial charge < -0.3 is 10.1 Å². The molecule has 0 saturated carbocycles. The van der Waals surface area contributed by atoms with E-state index in [0.29, 0.717) is 17.9 Å². The molecular weight excluding hydrogens is 378 g/mol. The number of hydrogen-bond acceptors (Lipinski definition) is 3. The maximum Gasteiger partial charge on any atom is 0.338 e. The lowest BCUT2D eigenvalue weighted by molar-refractivity contribution is -0.690. The Morgan fingerprint density at radius 3 is 2.53 bits per heavy atom. The Kier molecular flexibility index (Phi) is 5.65. The fraction of sp³-hybridized carbons (Fsp3) is 0.292. The first-order chi connectivity index (χ1) is 14.5. The van der Waals surface area contributed by atoms with Gasteiger partial charge in [0.1, 0.15) is 6.20 Å². The number of amides is 1. The molecule has 0 saturated heterocycles. The van der Waals surface area contributed by atoms with Crippen LogP contribution in [0.15, 0.2) is 54.7 Å². The van der Waals surface area contributed by atoms with Gasteiger partial charge in [0.25, 0.3) is 11.7 Å². The molecule has 0 aliphatic carbocycles. The van der Waals surface area contributed by atoms with E-state index in [9.17, 15) is 9.59 Å². The number of esters is 1. The van der Waals surface area contributed by atoms with Crippen molar-refractivity contribution >= 4 is 17.6 Å². The van der Waals surface area contributed by atoms with Crippen molar-refractivity contribution in [2.75, 3.05) is 11.9 Å². The molecule has 1 amide bonds. The summed E-state index contributed by atoms with van der Waals surface area (Å²) in [6, 6.07) is 15.2. The van der Waals surface area contributed by atoms with Crippen molar-refractivity contribution in [3.05, 3.63) is 71.7 Å². The monoisotopic (exact) mass is 404 g/mol. The molecule has 3 aromatic rings. The number of anilines is 1. The molecule has 0 atom stereocenters. The summed E-state index contributed by atoms with van der Waals surface area (Å²) in [6.07, 6.45) is 4.13. The van der Waals surface area contributed by atoms with Crippen molar-refractivity contribution in [1.29, 1.82) is 0 Å². The largest absolute Gasteiger partial charge is 0.462 e. The second-order valence-electron chi connectivity index (χ2n) is 7.53. The van der Waals surface area contributed by atoms with Gasteiger partial charge in [-0.1, -0.05) is 29.8 Å². The summed E-state index contributed by atoms with van der Waals surface area (Å²) in [5, 5.41) is 2.92. The molecule has 6 nitrogen and oxygen atoms in total. The minimum atomic E-state index is -0.362. The molecule has 1 N–H and O–H groups in total. The van der Waals surface area contributed by atoms with Crippen LogP contribution in [0.3, 0.4) is 0 Å². The SMILES string of the molecule is CCOC(=O)c1ccc(NC(=O)C[n+]2cc(-c3ccc(C)cc3)n3c2CCC3)cc1. The first-order valence-corrected chi connectivity index (χ1v) is 10.3. The first kappa shape index (κ1) is 19.9. The Morgan fingerprint density at radius 2 is 1.83 bits per heavy atom. The normalized spacial score (nSPS) is 12.5. The second kappa shape index (κ2) is 8.53. The molecule has 2 aromatic carbocycles. The Labute approximate surface area is 176 Å². The lowest BCUT2D eigenvalue weighted by Gasteiger charge is -2.06. The van der Waals surface area contributed by atoms with E-state index in [1.807, 2.05) is 4.57 Å². The molecule has 0 unspecified atom stereocenters. The number of carbonyl (C=O) groups excluding carboxylic acids is 2. The quantitative estimate of drug-likeness (QED) is 0.505. The fourth-order valence-corrected chi connectivity index (χ4v) is 3.86. The van der Waals surface area contributed by atoms with E-state index >= 15 is 0 Å². The molecular formula is C24H26N3O3+. The van der Waals surface area contributed by atoms with E-state index in [-0.39, 0.29) is 18.4 Å². The van der Waals surface area contributed by atoms with E-state index in [2.05, 4.69) is 47.3 Å². The van der Waals surface area contributed by atoms with E-state index in [1.54, 1.807) is 31.2 Å². The van der Waals surface area contributed by atoms with Crippen molar-refractivity contribution in [3.63, 3.8) is 0 Å². The number of ether oxygens (including phenoxy) is 1. The van der Waals surface area contributed by atoms with Crippen LogP contribution in [0.1, 0.15) is 35.1 Å². The van der Waals surface area contributed by atoms with Gasteiger partial charge in [0.15, 0.2) is 12.2 Å².